The highest BCUT2D eigenvalue weighted by Gasteiger charge is 2.26. The van der Waals surface area contributed by atoms with E-state index in [2.05, 4.69) is 48.6 Å². The molecule has 2 N–H and O–H groups in total. The van der Waals surface area contributed by atoms with Crippen LogP contribution in [0.2, 0.25) is 0 Å². The number of aromatic hydroxyl groups is 2. The molecule has 0 spiro atoms. The lowest BCUT2D eigenvalue weighted by Gasteiger charge is -2.29. The molecule has 5 heteroatoms. The molecule has 0 radical (unpaired) electrons. The van der Waals surface area contributed by atoms with Crippen LogP contribution in [0.25, 0.3) is 0 Å². The quantitative estimate of drug-likeness (QED) is 0.196. The fourth-order valence-electron chi connectivity index (χ4n) is 4.18. The molecule has 202 valence electrons. The standard InChI is InChI=1S/C21H27IO3.C11H16O/c1-14-11-17(12-15(2)20(14)23)21(3,4)25-18-9-8-16(7-6-10-22)13-19(18)24-5;1-7(2)10-5-8(3)11(12)9(4)6-10/h8-9,11-13,23H,6-7,10H2,1-5H3;5-7,12H,1-4H3. The molecule has 0 heterocycles. The SMILES string of the molecule is COc1cc(CCCI)ccc1OC(C)(C)c1cc(C)c(O)c(C)c1.Cc1cc(C(C)C)cc(C)c1O. The van der Waals surface area contributed by atoms with Crippen molar-refractivity contribution in [3.63, 3.8) is 0 Å². The largest absolute Gasteiger partial charge is 0.507 e. The summed E-state index contributed by atoms with van der Waals surface area (Å²) < 4.78 is 13.0. The van der Waals surface area contributed by atoms with Crippen molar-refractivity contribution in [1.82, 2.24) is 0 Å². The third-order valence-electron chi connectivity index (χ3n) is 6.56. The first-order valence-electron chi connectivity index (χ1n) is 12.8. The Bertz CT molecular complexity index is 1150. The third-order valence-corrected chi connectivity index (χ3v) is 7.32. The van der Waals surface area contributed by atoms with Gasteiger partial charge in [0.05, 0.1) is 7.11 Å². The number of hydrogen-bond acceptors (Lipinski definition) is 4. The fourth-order valence-corrected chi connectivity index (χ4v) is 4.56. The van der Waals surface area contributed by atoms with Gasteiger partial charge in [-0.05, 0) is 128 Å². The normalized spacial score (nSPS) is 11.2. The van der Waals surface area contributed by atoms with Crippen molar-refractivity contribution in [2.75, 3.05) is 11.5 Å². The highest BCUT2D eigenvalue weighted by Crippen LogP contribution is 2.37. The molecule has 0 saturated heterocycles. The molecule has 0 aliphatic rings. The summed E-state index contributed by atoms with van der Waals surface area (Å²) in [6, 6.07) is 14.2. The molecule has 0 aliphatic heterocycles. The van der Waals surface area contributed by atoms with Crippen LogP contribution in [-0.4, -0.2) is 21.8 Å². The molecule has 0 fully saturated rings. The number of alkyl halides is 1. The van der Waals surface area contributed by atoms with Crippen LogP contribution >= 0.6 is 22.6 Å². The smallest absolute Gasteiger partial charge is 0.162 e. The maximum Gasteiger partial charge on any atom is 0.162 e. The molecule has 0 unspecified atom stereocenters. The molecule has 3 aromatic rings. The Hall–Kier alpha value is -2.41. The highest BCUT2D eigenvalue weighted by molar-refractivity contribution is 14.1. The first-order valence-corrected chi connectivity index (χ1v) is 14.4. The van der Waals surface area contributed by atoms with E-state index in [4.69, 9.17) is 9.47 Å². The summed E-state index contributed by atoms with van der Waals surface area (Å²) in [6.45, 7) is 16.1. The van der Waals surface area contributed by atoms with Crippen LogP contribution in [0.1, 0.15) is 79.0 Å². The van der Waals surface area contributed by atoms with Crippen LogP contribution in [-0.2, 0) is 12.0 Å². The summed E-state index contributed by atoms with van der Waals surface area (Å²) in [4.78, 5) is 0. The summed E-state index contributed by atoms with van der Waals surface area (Å²) in [6.07, 6.45) is 2.20. The molecule has 3 aromatic carbocycles. The number of aryl methyl sites for hydroxylation is 5. The maximum atomic E-state index is 10.0. The maximum absolute atomic E-state index is 10.0. The molecular weight excluding hydrogens is 575 g/mol. The first kappa shape index (κ1) is 30.8. The zero-order valence-corrected chi connectivity index (χ0v) is 26.0. The van der Waals surface area contributed by atoms with Crippen molar-refractivity contribution in [1.29, 1.82) is 0 Å². The molecule has 4 nitrogen and oxygen atoms in total. The van der Waals surface area contributed by atoms with E-state index in [1.54, 1.807) is 7.11 Å². The van der Waals surface area contributed by atoms with Crippen LogP contribution in [0.5, 0.6) is 23.0 Å². The zero-order chi connectivity index (χ0) is 27.9. The minimum absolute atomic E-state index is 0.344. The van der Waals surface area contributed by atoms with Crippen molar-refractivity contribution < 1.29 is 19.7 Å². The first-order chi connectivity index (χ1) is 17.3. The van der Waals surface area contributed by atoms with Gasteiger partial charge in [0.1, 0.15) is 17.1 Å². The number of hydrogen-bond donors (Lipinski definition) is 2. The van der Waals surface area contributed by atoms with E-state index in [0.29, 0.717) is 17.4 Å². The third kappa shape index (κ3) is 8.29. The van der Waals surface area contributed by atoms with Gasteiger partial charge < -0.3 is 19.7 Å². The molecule has 37 heavy (non-hydrogen) atoms. The van der Waals surface area contributed by atoms with Crippen molar-refractivity contribution in [2.45, 2.75) is 79.8 Å². The summed E-state index contributed by atoms with van der Waals surface area (Å²) >= 11 is 2.40. The van der Waals surface area contributed by atoms with Gasteiger partial charge in [-0.1, -0.05) is 54.6 Å². The molecule has 0 atom stereocenters. The lowest BCUT2D eigenvalue weighted by molar-refractivity contribution is 0.104. The van der Waals surface area contributed by atoms with Crippen molar-refractivity contribution >= 4 is 22.6 Å². The second-order valence-electron chi connectivity index (χ2n) is 10.5. The van der Waals surface area contributed by atoms with E-state index in [1.165, 1.54) is 11.1 Å². The summed E-state index contributed by atoms with van der Waals surface area (Å²) in [5.74, 6) is 2.79. The Labute approximate surface area is 237 Å². The average Bonchev–Trinajstić information content (AvgIpc) is 2.84. The van der Waals surface area contributed by atoms with Crippen LogP contribution in [0, 0.1) is 27.7 Å². The zero-order valence-electron chi connectivity index (χ0n) is 23.8. The predicted molar refractivity (Wildman–Crippen MR) is 163 cm³/mol. The second kappa shape index (κ2) is 13.4. The molecular formula is C32H43IO4. The lowest BCUT2D eigenvalue weighted by Crippen LogP contribution is -2.25. The van der Waals surface area contributed by atoms with Crippen LogP contribution < -0.4 is 9.47 Å². The molecule has 0 amide bonds. The van der Waals surface area contributed by atoms with Crippen LogP contribution in [0.3, 0.4) is 0 Å². The van der Waals surface area contributed by atoms with Gasteiger partial charge in [-0.2, -0.15) is 0 Å². The van der Waals surface area contributed by atoms with Gasteiger partial charge in [0.15, 0.2) is 11.5 Å². The van der Waals surface area contributed by atoms with Crippen molar-refractivity contribution in [3.05, 3.63) is 81.4 Å². The number of ether oxygens (including phenoxy) is 2. The van der Waals surface area contributed by atoms with Gasteiger partial charge in [0, 0.05) is 0 Å². The lowest BCUT2D eigenvalue weighted by atomic mass is 9.93. The van der Waals surface area contributed by atoms with Crippen molar-refractivity contribution in [2.24, 2.45) is 0 Å². The van der Waals surface area contributed by atoms with Crippen LogP contribution in [0.4, 0.5) is 0 Å². The molecule has 0 aromatic heterocycles. The van der Waals surface area contributed by atoms with Crippen molar-refractivity contribution in [3.8, 4) is 23.0 Å². The van der Waals surface area contributed by atoms with Gasteiger partial charge in [0.2, 0.25) is 0 Å². The molecule has 0 saturated carbocycles. The number of benzene rings is 3. The van der Waals surface area contributed by atoms with E-state index in [1.807, 2.05) is 71.9 Å². The minimum atomic E-state index is -0.541. The topological polar surface area (TPSA) is 58.9 Å². The van der Waals surface area contributed by atoms with Gasteiger partial charge in [0.25, 0.3) is 0 Å². The summed E-state index contributed by atoms with van der Waals surface area (Å²) in [5, 5.41) is 19.5. The van der Waals surface area contributed by atoms with E-state index in [0.717, 1.165) is 56.6 Å². The Balaban J connectivity index is 0.000000335. The summed E-state index contributed by atoms with van der Waals surface area (Å²) in [7, 11) is 1.67. The van der Waals surface area contributed by atoms with Gasteiger partial charge in [-0.15, -0.1) is 0 Å². The fraction of sp³-hybridized carbons (Fsp3) is 0.438. The number of rotatable bonds is 8. The Morgan fingerprint density at radius 3 is 1.78 bits per heavy atom. The Morgan fingerprint density at radius 1 is 0.811 bits per heavy atom. The van der Waals surface area contributed by atoms with Gasteiger partial charge in [-0.3, -0.25) is 0 Å². The second-order valence-corrected chi connectivity index (χ2v) is 11.6. The summed E-state index contributed by atoms with van der Waals surface area (Å²) in [5.41, 5.74) is 6.69. The number of methoxy groups -OCH3 is 1. The minimum Gasteiger partial charge on any atom is -0.507 e. The van der Waals surface area contributed by atoms with E-state index in [9.17, 15) is 10.2 Å². The van der Waals surface area contributed by atoms with E-state index < -0.39 is 5.60 Å². The van der Waals surface area contributed by atoms with E-state index >= 15 is 0 Å². The van der Waals surface area contributed by atoms with Gasteiger partial charge >= 0.3 is 0 Å². The van der Waals surface area contributed by atoms with Gasteiger partial charge in [-0.25, -0.2) is 0 Å². The predicted octanol–water partition coefficient (Wildman–Crippen LogP) is 8.83. The molecule has 3 rings (SSSR count). The number of phenols is 2. The van der Waals surface area contributed by atoms with Crippen LogP contribution in [0.15, 0.2) is 42.5 Å². The Kier molecular flexibility index (Phi) is 11.2. The van der Waals surface area contributed by atoms with E-state index in [-0.39, 0.29) is 0 Å². The number of phenolic OH excluding ortho intramolecular Hbond substituents is 2. The highest BCUT2D eigenvalue weighted by atomic mass is 127. The molecule has 0 aliphatic carbocycles. The Morgan fingerprint density at radius 2 is 1.32 bits per heavy atom. The number of halogens is 1. The molecule has 0 bridgehead atoms. The monoisotopic (exact) mass is 618 g/mol. The average molecular weight is 619 g/mol.